The van der Waals surface area contributed by atoms with Crippen LogP contribution in [0.1, 0.15) is 0 Å². The molecule has 56 heavy (non-hydrogen) atoms. The maximum atomic E-state index is 6.71. The minimum atomic E-state index is 0.684. The molecule has 3 heterocycles. The molecule has 262 valence electrons. The third-order valence-electron chi connectivity index (χ3n) is 10.8. The summed E-state index contributed by atoms with van der Waals surface area (Å²) in [5.41, 5.74) is 14.6. The first-order valence-electron chi connectivity index (χ1n) is 18.8. The molecule has 0 saturated carbocycles. The Labute approximate surface area is 323 Å². The number of hydrogen-bond donors (Lipinski definition) is 0. The molecule has 0 saturated heterocycles. The molecule has 11 aromatic rings. The average Bonchev–Trinajstić information content (AvgIpc) is 3.86. The molecule has 0 aliphatic rings. The molecule has 0 aliphatic carbocycles. The normalized spacial score (nSPS) is 11.6. The van der Waals surface area contributed by atoms with E-state index < -0.39 is 0 Å². The number of para-hydroxylation sites is 3. The van der Waals surface area contributed by atoms with E-state index in [1.807, 2.05) is 48.5 Å². The van der Waals surface area contributed by atoms with Gasteiger partial charge in [0, 0.05) is 49.4 Å². The van der Waals surface area contributed by atoms with Gasteiger partial charge in [0.1, 0.15) is 22.3 Å². The van der Waals surface area contributed by atoms with Gasteiger partial charge in [-0.3, -0.25) is 0 Å². The van der Waals surface area contributed by atoms with Crippen LogP contribution in [0.3, 0.4) is 0 Å². The molecule has 4 nitrogen and oxygen atoms in total. The van der Waals surface area contributed by atoms with Gasteiger partial charge in [0.2, 0.25) is 0 Å². The summed E-state index contributed by atoms with van der Waals surface area (Å²) in [5.74, 6) is 0.684. The van der Waals surface area contributed by atoms with Crippen LogP contribution in [0.5, 0.6) is 0 Å². The van der Waals surface area contributed by atoms with Crippen LogP contribution in [0.4, 0.5) is 0 Å². The van der Waals surface area contributed by atoms with Crippen LogP contribution in [0, 0.1) is 0 Å². The Morgan fingerprint density at radius 3 is 1.55 bits per heavy atom. The highest BCUT2D eigenvalue weighted by atomic mass is 16.3. The Morgan fingerprint density at radius 1 is 0.304 bits per heavy atom. The summed E-state index contributed by atoms with van der Waals surface area (Å²) >= 11 is 0. The van der Waals surface area contributed by atoms with Crippen molar-refractivity contribution in [1.29, 1.82) is 0 Å². The minimum Gasteiger partial charge on any atom is -0.455 e. The van der Waals surface area contributed by atoms with Crippen LogP contribution < -0.4 is 0 Å². The lowest BCUT2D eigenvalue weighted by Crippen LogP contribution is -1.97. The molecular weight excluding hydrogens is 685 g/mol. The van der Waals surface area contributed by atoms with E-state index in [9.17, 15) is 0 Å². The van der Waals surface area contributed by atoms with Crippen molar-refractivity contribution in [2.75, 3.05) is 0 Å². The smallest absolute Gasteiger partial charge is 0.161 e. The molecule has 0 radical (unpaired) electrons. The van der Waals surface area contributed by atoms with Crippen LogP contribution in [-0.2, 0) is 0 Å². The largest absolute Gasteiger partial charge is 0.455 e. The first-order chi connectivity index (χ1) is 27.8. The van der Waals surface area contributed by atoms with Gasteiger partial charge < -0.3 is 8.83 Å². The molecule has 3 aromatic heterocycles. The monoisotopic (exact) mass is 716 g/mol. The standard InChI is InChI=1S/C52H32N2O2/c1-3-14-33(15-4-1)37-18-7-8-20-43(37)52-53-45(35-16-5-2-6-17-35)32-46(54-52)36-28-26-34(27-29-36)38-30-31-40(49-44-21-10-12-25-48(44)56-51(38)49)42-23-13-22-41-39-19-9-11-24-47(39)55-50(41)42/h1-32H. The van der Waals surface area contributed by atoms with Crippen LogP contribution >= 0.6 is 0 Å². The van der Waals surface area contributed by atoms with E-state index in [2.05, 4.69) is 146 Å². The summed E-state index contributed by atoms with van der Waals surface area (Å²) in [6.07, 6.45) is 0. The molecule has 0 amide bonds. The topological polar surface area (TPSA) is 52.1 Å². The molecule has 0 atom stereocenters. The zero-order valence-corrected chi connectivity index (χ0v) is 30.2. The predicted octanol–water partition coefficient (Wildman–Crippen LogP) is 14.3. The van der Waals surface area contributed by atoms with Crippen molar-refractivity contribution >= 4 is 43.9 Å². The van der Waals surface area contributed by atoms with Gasteiger partial charge in [0.15, 0.2) is 5.82 Å². The molecule has 8 aromatic carbocycles. The molecule has 0 fully saturated rings. The van der Waals surface area contributed by atoms with E-state index in [-0.39, 0.29) is 0 Å². The Hall–Kier alpha value is -7.56. The molecule has 0 unspecified atom stereocenters. The van der Waals surface area contributed by atoms with Crippen molar-refractivity contribution in [3.63, 3.8) is 0 Å². The number of furan rings is 2. The van der Waals surface area contributed by atoms with Crippen LogP contribution in [-0.4, -0.2) is 9.97 Å². The summed E-state index contributed by atoms with van der Waals surface area (Å²) in [4.78, 5) is 10.4. The second-order valence-corrected chi connectivity index (χ2v) is 14.1. The van der Waals surface area contributed by atoms with Gasteiger partial charge in [0.05, 0.1) is 11.4 Å². The van der Waals surface area contributed by atoms with E-state index in [0.717, 1.165) is 105 Å². The average molecular weight is 717 g/mol. The van der Waals surface area contributed by atoms with Gasteiger partial charge in [-0.25, -0.2) is 9.97 Å². The first-order valence-corrected chi connectivity index (χ1v) is 18.8. The van der Waals surface area contributed by atoms with Crippen molar-refractivity contribution in [1.82, 2.24) is 9.97 Å². The number of fused-ring (bicyclic) bond motifs is 6. The SMILES string of the molecule is c1ccc(-c2cc(-c3ccc(-c4ccc(-c5cccc6c5oc5ccccc56)c5c4oc4ccccc45)cc3)nc(-c3ccccc3-c3ccccc3)n2)cc1. The minimum absolute atomic E-state index is 0.684. The molecular formula is C52H32N2O2. The van der Waals surface area contributed by atoms with Crippen LogP contribution in [0.25, 0.3) is 111 Å². The quantitative estimate of drug-likeness (QED) is 0.172. The van der Waals surface area contributed by atoms with Crippen molar-refractivity contribution in [2.45, 2.75) is 0 Å². The van der Waals surface area contributed by atoms with E-state index >= 15 is 0 Å². The fourth-order valence-electron chi connectivity index (χ4n) is 8.08. The zero-order valence-electron chi connectivity index (χ0n) is 30.2. The molecule has 0 spiro atoms. The van der Waals surface area contributed by atoms with Crippen LogP contribution in [0.15, 0.2) is 203 Å². The number of rotatable bonds is 6. The van der Waals surface area contributed by atoms with Gasteiger partial charge >= 0.3 is 0 Å². The highest BCUT2D eigenvalue weighted by Crippen LogP contribution is 2.45. The molecule has 11 rings (SSSR count). The lowest BCUT2D eigenvalue weighted by Gasteiger charge is -2.13. The lowest BCUT2D eigenvalue weighted by atomic mass is 9.93. The van der Waals surface area contributed by atoms with Crippen LogP contribution in [0.2, 0.25) is 0 Å². The maximum Gasteiger partial charge on any atom is 0.161 e. The van der Waals surface area contributed by atoms with Crippen molar-refractivity contribution in [2.24, 2.45) is 0 Å². The van der Waals surface area contributed by atoms with Gasteiger partial charge in [-0.2, -0.15) is 0 Å². The van der Waals surface area contributed by atoms with E-state index in [1.165, 1.54) is 0 Å². The molecule has 0 N–H and O–H groups in total. The van der Waals surface area contributed by atoms with Crippen molar-refractivity contribution in [3.05, 3.63) is 194 Å². The third kappa shape index (κ3) is 5.31. The van der Waals surface area contributed by atoms with E-state index in [4.69, 9.17) is 18.8 Å². The highest BCUT2D eigenvalue weighted by molar-refractivity contribution is 6.19. The highest BCUT2D eigenvalue weighted by Gasteiger charge is 2.21. The fourth-order valence-corrected chi connectivity index (χ4v) is 8.08. The molecule has 4 heteroatoms. The summed E-state index contributed by atoms with van der Waals surface area (Å²) in [7, 11) is 0. The van der Waals surface area contributed by atoms with Crippen molar-refractivity contribution < 1.29 is 8.83 Å². The Morgan fingerprint density at radius 2 is 0.804 bits per heavy atom. The lowest BCUT2D eigenvalue weighted by molar-refractivity contribution is 0.669. The number of benzene rings is 8. The van der Waals surface area contributed by atoms with Gasteiger partial charge in [-0.15, -0.1) is 0 Å². The second kappa shape index (κ2) is 13.1. The van der Waals surface area contributed by atoms with E-state index in [1.54, 1.807) is 0 Å². The summed E-state index contributed by atoms with van der Waals surface area (Å²) < 4.78 is 13.2. The fraction of sp³-hybridized carbons (Fsp3) is 0. The first kappa shape index (κ1) is 31.9. The summed E-state index contributed by atoms with van der Waals surface area (Å²) in [5, 5.41) is 4.36. The van der Waals surface area contributed by atoms with Gasteiger partial charge in [-0.05, 0) is 46.5 Å². The summed E-state index contributed by atoms with van der Waals surface area (Å²) in [6, 6.07) is 67.1. The molecule has 0 bridgehead atoms. The Kier molecular flexibility index (Phi) is 7.46. The Balaban J connectivity index is 1.05. The predicted molar refractivity (Wildman–Crippen MR) is 229 cm³/mol. The Bertz CT molecular complexity index is 3230. The van der Waals surface area contributed by atoms with E-state index in [0.29, 0.717) is 5.82 Å². The third-order valence-corrected chi connectivity index (χ3v) is 10.8. The molecule has 0 aliphatic heterocycles. The number of nitrogens with zero attached hydrogens (tertiary/aromatic N) is 2. The summed E-state index contributed by atoms with van der Waals surface area (Å²) in [6.45, 7) is 0. The maximum absolute atomic E-state index is 6.71. The van der Waals surface area contributed by atoms with Crippen molar-refractivity contribution in [3.8, 4) is 67.3 Å². The number of aromatic nitrogens is 2. The van der Waals surface area contributed by atoms with Gasteiger partial charge in [-0.1, -0.05) is 170 Å². The zero-order chi connectivity index (χ0) is 37.0. The number of hydrogen-bond acceptors (Lipinski definition) is 4. The van der Waals surface area contributed by atoms with Gasteiger partial charge in [0.25, 0.3) is 0 Å². The second-order valence-electron chi connectivity index (χ2n) is 14.1.